The van der Waals surface area contributed by atoms with Gasteiger partial charge in [0.15, 0.2) is 0 Å². The topological polar surface area (TPSA) is 66.5 Å². The highest BCUT2D eigenvalue weighted by molar-refractivity contribution is 7.89. The zero-order valence-electron chi connectivity index (χ0n) is 14.7. The number of carbonyl (C=O) groups excluding carboxylic acids is 1. The molecule has 140 valence electrons. The molecule has 0 aliphatic carbocycles. The van der Waals surface area contributed by atoms with E-state index in [0.29, 0.717) is 18.7 Å². The lowest BCUT2D eigenvalue weighted by atomic mass is 10.1. The summed E-state index contributed by atoms with van der Waals surface area (Å²) in [4.78, 5) is 12.2. The first-order valence-electron chi connectivity index (χ1n) is 8.08. The molecule has 0 atom stereocenters. The van der Waals surface area contributed by atoms with Crippen molar-refractivity contribution < 1.29 is 22.0 Å². The van der Waals surface area contributed by atoms with Crippen LogP contribution in [-0.2, 0) is 10.0 Å². The lowest BCUT2D eigenvalue weighted by Crippen LogP contribution is -2.31. The van der Waals surface area contributed by atoms with E-state index in [-0.39, 0.29) is 10.6 Å². The first-order valence-corrected chi connectivity index (χ1v) is 9.52. The van der Waals surface area contributed by atoms with Crippen LogP contribution >= 0.6 is 0 Å². The number of hydrogen-bond acceptors (Lipinski definition) is 3. The van der Waals surface area contributed by atoms with Crippen LogP contribution < -0.4 is 5.32 Å². The second kappa shape index (κ2) is 7.92. The molecule has 26 heavy (non-hydrogen) atoms. The predicted octanol–water partition coefficient (Wildman–Crippen LogP) is 3.56. The van der Waals surface area contributed by atoms with E-state index in [2.05, 4.69) is 5.32 Å². The number of benzene rings is 2. The molecular formula is C18H20F2N2O3S. The third-order valence-electron chi connectivity index (χ3n) is 3.96. The molecule has 0 aliphatic heterocycles. The Bertz CT molecular complexity index is 906. The van der Waals surface area contributed by atoms with E-state index in [4.69, 9.17) is 0 Å². The predicted molar refractivity (Wildman–Crippen MR) is 95.6 cm³/mol. The first kappa shape index (κ1) is 20.0. The van der Waals surface area contributed by atoms with Crippen molar-refractivity contribution in [3.05, 3.63) is 59.2 Å². The highest BCUT2D eigenvalue weighted by Gasteiger charge is 2.24. The van der Waals surface area contributed by atoms with Crippen molar-refractivity contribution in [2.75, 3.05) is 18.4 Å². The minimum Gasteiger partial charge on any atom is -0.322 e. The van der Waals surface area contributed by atoms with Crippen molar-refractivity contribution in [2.45, 2.75) is 25.7 Å². The summed E-state index contributed by atoms with van der Waals surface area (Å²) in [5, 5.41) is 2.35. The molecule has 0 aromatic heterocycles. The summed E-state index contributed by atoms with van der Waals surface area (Å²) in [6.07, 6.45) is 0. The van der Waals surface area contributed by atoms with Crippen molar-refractivity contribution in [1.82, 2.24) is 4.31 Å². The number of rotatable bonds is 6. The lowest BCUT2D eigenvalue weighted by Gasteiger charge is -2.20. The molecule has 0 saturated heterocycles. The van der Waals surface area contributed by atoms with Gasteiger partial charge in [-0.05, 0) is 36.8 Å². The van der Waals surface area contributed by atoms with Crippen LogP contribution in [0.1, 0.15) is 29.8 Å². The Morgan fingerprint density at radius 3 is 2.19 bits per heavy atom. The second-order valence-corrected chi connectivity index (χ2v) is 7.53. The number of aryl methyl sites for hydroxylation is 1. The molecule has 1 N–H and O–H groups in total. The van der Waals surface area contributed by atoms with Gasteiger partial charge in [-0.2, -0.15) is 4.31 Å². The summed E-state index contributed by atoms with van der Waals surface area (Å²) in [5.41, 5.74) is -0.0813. The Morgan fingerprint density at radius 1 is 1.08 bits per heavy atom. The standard InChI is InChI=1S/C18H20F2N2O3S/c1-4-22(5-2)26(24,25)16-11-13(10-9-12(16)3)21-18(23)17-14(19)7-6-8-15(17)20/h6-11H,4-5H2,1-3H3,(H,21,23). The Balaban J connectivity index is 2.40. The summed E-state index contributed by atoms with van der Waals surface area (Å²) in [7, 11) is -3.74. The van der Waals surface area contributed by atoms with Gasteiger partial charge in [-0.25, -0.2) is 17.2 Å². The lowest BCUT2D eigenvalue weighted by molar-refractivity contribution is 0.101. The largest absolute Gasteiger partial charge is 0.322 e. The molecule has 0 spiro atoms. The second-order valence-electron chi connectivity index (χ2n) is 5.62. The van der Waals surface area contributed by atoms with Gasteiger partial charge >= 0.3 is 0 Å². The molecule has 2 aromatic rings. The Hall–Kier alpha value is -2.32. The Labute approximate surface area is 151 Å². The van der Waals surface area contributed by atoms with Crippen LogP contribution in [0.4, 0.5) is 14.5 Å². The molecule has 8 heteroatoms. The van der Waals surface area contributed by atoms with Crippen LogP contribution in [0.3, 0.4) is 0 Å². The zero-order valence-corrected chi connectivity index (χ0v) is 15.5. The summed E-state index contributed by atoms with van der Waals surface area (Å²) < 4.78 is 54.2. The third-order valence-corrected chi connectivity index (χ3v) is 6.15. The summed E-state index contributed by atoms with van der Waals surface area (Å²) in [6.45, 7) is 5.69. The molecule has 2 rings (SSSR count). The number of sulfonamides is 1. The molecule has 0 radical (unpaired) electrons. The van der Waals surface area contributed by atoms with E-state index in [1.165, 1.54) is 22.5 Å². The molecule has 0 saturated carbocycles. The molecule has 0 unspecified atom stereocenters. The van der Waals surface area contributed by atoms with Gasteiger partial charge in [-0.15, -0.1) is 0 Å². The molecule has 2 aromatic carbocycles. The van der Waals surface area contributed by atoms with E-state index in [1.54, 1.807) is 20.8 Å². The fraction of sp³-hybridized carbons (Fsp3) is 0.278. The van der Waals surface area contributed by atoms with E-state index >= 15 is 0 Å². The highest BCUT2D eigenvalue weighted by Crippen LogP contribution is 2.24. The minimum atomic E-state index is -3.74. The van der Waals surface area contributed by atoms with Gasteiger partial charge in [0.1, 0.15) is 17.2 Å². The fourth-order valence-electron chi connectivity index (χ4n) is 2.57. The highest BCUT2D eigenvalue weighted by atomic mass is 32.2. The van der Waals surface area contributed by atoms with E-state index < -0.39 is 33.1 Å². The number of amides is 1. The van der Waals surface area contributed by atoms with Crippen molar-refractivity contribution >= 4 is 21.6 Å². The van der Waals surface area contributed by atoms with Crippen LogP contribution in [-0.4, -0.2) is 31.7 Å². The van der Waals surface area contributed by atoms with E-state index in [1.807, 2.05) is 0 Å². The first-order chi connectivity index (χ1) is 12.2. The van der Waals surface area contributed by atoms with Crippen molar-refractivity contribution in [1.29, 1.82) is 0 Å². The SMILES string of the molecule is CCN(CC)S(=O)(=O)c1cc(NC(=O)c2c(F)cccc2F)ccc1C. The molecule has 0 fully saturated rings. The number of hydrogen-bond donors (Lipinski definition) is 1. The van der Waals surface area contributed by atoms with Crippen molar-refractivity contribution in [3.8, 4) is 0 Å². The van der Waals surface area contributed by atoms with Gasteiger partial charge in [0.05, 0.1) is 4.90 Å². The van der Waals surface area contributed by atoms with Crippen LogP contribution in [0.25, 0.3) is 0 Å². The van der Waals surface area contributed by atoms with Crippen molar-refractivity contribution in [3.63, 3.8) is 0 Å². The van der Waals surface area contributed by atoms with Crippen molar-refractivity contribution in [2.24, 2.45) is 0 Å². The molecule has 0 bridgehead atoms. The fourth-order valence-corrected chi connectivity index (χ4v) is 4.28. The van der Waals surface area contributed by atoms with Crippen LogP contribution in [0, 0.1) is 18.6 Å². The molecule has 0 aliphatic rings. The average Bonchev–Trinajstić information content (AvgIpc) is 2.57. The smallest absolute Gasteiger partial charge is 0.261 e. The number of anilines is 1. The summed E-state index contributed by atoms with van der Waals surface area (Å²) in [6, 6.07) is 7.41. The van der Waals surface area contributed by atoms with Crippen LogP contribution in [0.15, 0.2) is 41.3 Å². The number of nitrogens with zero attached hydrogens (tertiary/aromatic N) is 1. The monoisotopic (exact) mass is 382 g/mol. The van der Waals surface area contributed by atoms with Gasteiger partial charge in [-0.1, -0.05) is 26.0 Å². The quantitative estimate of drug-likeness (QED) is 0.831. The number of nitrogens with one attached hydrogen (secondary N) is 1. The third kappa shape index (κ3) is 3.91. The van der Waals surface area contributed by atoms with Gasteiger partial charge in [-0.3, -0.25) is 4.79 Å². The van der Waals surface area contributed by atoms with Gasteiger partial charge < -0.3 is 5.32 Å². The van der Waals surface area contributed by atoms with Crippen LogP contribution in [0.2, 0.25) is 0 Å². The Morgan fingerprint density at radius 2 is 1.65 bits per heavy atom. The Kier molecular flexibility index (Phi) is 6.09. The number of carbonyl (C=O) groups is 1. The maximum Gasteiger partial charge on any atom is 0.261 e. The maximum absolute atomic E-state index is 13.7. The van der Waals surface area contributed by atoms with Gasteiger partial charge in [0, 0.05) is 18.8 Å². The van der Waals surface area contributed by atoms with Gasteiger partial charge in [0.2, 0.25) is 10.0 Å². The zero-order chi connectivity index (χ0) is 19.5. The molecule has 1 amide bonds. The van der Waals surface area contributed by atoms with E-state index in [0.717, 1.165) is 18.2 Å². The minimum absolute atomic E-state index is 0.0352. The number of halogens is 2. The summed E-state index contributed by atoms with van der Waals surface area (Å²) in [5.74, 6) is -2.98. The maximum atomic E-state index is 13.7. The summed E-state index contributed by atoms with van der Waals surface area (Å²) >= 11 is 0. The van der Waals surface area contributed by atoms with Gasteiger partial charge in [0.25, 0.3) is 5.91 Å². The van der Waals surface area contributed by atoms with E-state index in [9.17, 15) is 22.0 Å². The molecule has 0 heterocycles. The normalized spacial score (nSPS) is 11.6. The average molecular weight is 382 g/mol. The molecular weight excluding hydrogens is 362 g/mol. The van der Waals surface area contributed by atoms with Crippen LogP contribution in [0.5, 0.6) is 0 Å². The molecule has 5 nitrogen and oxygen atoms in total.